The van der Waals surface area contributed by atoms with Crippen LogP contribution in [0.1, 0.15) is 5.56 Å². The quantitative estimate of drug-likeness (QED) is 0.486. The number of para-hydroxylation sites is 2. The summed E-state index contributed by atoms with van der Waals surface area (Å²) in [7, 11) is 0. The molecule has 96 valence electrons. The van der Waals surface area contributed by atoms with Crippen LogP contribution in [0.15, 0.2) is 53.4 Å². The lowest BCUT2D eigenvalue weighted by Gasteiger charge is -2.17. The van der Waals surface area contributed by atoms with Gasteiger partial charge in [-0.05, 0) is 36.1 Å². The first-order valence-corrected chi connectivity index (χ1v) is 6.80. The highest BCUT2D eigenvalue weighted by molar-refractivity contribution is 8.00. The average Bonchev–Trinajstić information content (AvgIpc) is 2.83. The van der Waals surface area contributed by atoms with Crippen molar-refractivity contribution in [1.82, 2.24) is 0 Å². The first-order valence-electron chi connectivity index (χ1n) is 6.02. The van der Waals surface area contributed by atoms with E-state index < -0.39 is 0 Å². The number of benzene rings is 2. The van der Waals surface area contributed by atoms with Gasteiger partial charge in [-0.2, -0.15) is 0 Å². The Balaban J connectivity index is 1.90. The number of hydrogen-bond donors (Lipinski definition) is 0. The van der Waals surface area contributed by atoms with Crippen molar-refractivity contribution in [2.24, 2.45) is 0 Å². The largest absolute Gasteiger partial charge is 0.311 e. The molecule has 0 aliphatic carbocycles. The highest BCUT2D eigenvalue weighted by atomic mass is 32.2. The summed E-state index contributed by atoms with van der Waals surface area (Å²) in [6.45, 7) is 0.885. The fourth-order valence-electron chi connectivity index (χ4n) is 2.21. The zero-order valence-corrected chi connectivity index (χ0v) is 11.0. The Labute approximate surface area is 115 Å². The average molecular weight is 272 g/mol. The molecule has 2 aromatic rings. The smallest absolute Gasteiger partial charge is 0.284 e. The molecule has 0 spiro atoms. The Morgan fingerprint density at radius 3 is 2.68 bits per heavy atom. The van der Waals surface area contributed by atoms with E-state index in [2.05, 4.69) is 16.4 Å². The zero-order valence-electron chi connectivity index (χ0n) is 10.2. The van der Waals surface area contributed by atoms with Gasteiger partial charge in [-0.15, -0.1) is 0 Å². The molecule has 3 rings (SSSR count). The van der Waals surface area contributed by atoms with Gasteiger partial charge in [-0.3, -0.25) is 10.1 Å². The van der Waals surface area contributed by atoms with Crippen molar-refractivity contribution in [3.05, 3.63) is 64.2 Å². The fourth-order valence-corrected chi connectivity index (χ4v) is 3.28. The number of fused-ring (bicyclic) bond motifs is 1. The summed E-state index contributed by atoms with van der Waals surface area (Å²) in [6, 6.07) is 15.1. The van der Waals surface area contributed by atoms with E-state index in [1.54, 1.807) is 18.2 Å². The molecule has 5 heteroatoms. The van der Waals surface area contributed by atoms with Gasteiger partial charge in [0.25, 0.3) is 5.69 Å². The van der Waals surface area contributed by atoms with Crippen molar-refractivity contribution in [1.29, 1.82) is 0 Å². The second kappa shape index (κ2) is 4.93. The summed E-state index contributed by atoms with van der Waals surface area (Å²) in [5.74, 6) is 0. The van der Waals surface area contributed by atoms with Gasteiger partial charge >= 0.3 is 0 Å². The number of nitro benzene ring substituents is 1. The molecule has 2 aromatic carbocycles. The van der Waals surface area contributed by atoms with Gasteiger partial charge in [-0.1, -0.05) is 30.3 Å². The molecule has 19 heavy (non-hydrogen) atoms. The van der Waals surface area contributed by atoms with Crippen molar-refractivity contribution < 1.29 is 4.92 Å². The van der Waals surface area contributed by atoms with Crippen LogP contribution in [0.2, 0.25) is 0 Å². The summed E-state index contributed by atoms with van der Waals surface area (Å²) in [5, 5.41) is 11.0. The van der Waals surface area contributed by atoms with E-state index in [0.717, 1.165) is 18.7 Å². The minimum absolute atomic E-state index is 0.164. The van der Waals surface area contributed by atoms with E-state index >= 15 is 0 Å². The van der Waals surface area contributed by atoms with Gasteiger partial charge in [0.15, 0.2) is 0 Å². The van der Waals surface area contributed by atoms with Crippen LogP contribution in [-0.4, -0.2) is 11.5 Å². The molecular weight excluding hydrogens is 260 g/mol. The van der Waals surface area contributed by atoms with Gasteiger partial charge < -0.3 is 4.31 Å². The van der Waals surface area contributed by atoms with Gasteiger partial charge in [0, 0.05) is 12.6 Å². The minimum atomic E-state index is -0.329. The third kappa shape index (κ3) is 2.29. The molecule has 0 radical (unpaired) electrons. The van der Waals surface area contributed by atoms with Crippen LogP contribution < -0.4 is 4.31 Å². The van der Waals surface area contributed by atoms with Crippen LogP contribution in [0.25, 0.3) is 0 Å². The standard InChI is InChI=1S/C14H12N2O2S/c17-16(18)13-7-3-4-8-14(13)19-15-10-9-11-5-1-2-6-12(11)15/h1-8H,9-10H2. The number of hydrogen-bond acceptors (Lipinski definition) is 4. The van der Waals surface area contributed by atoms with Crippen molar-refractivity contribution in [2.45, 2.75) is 11.3 Å². The van der Waals surface area contributed by atoms with E-state index in [4.69, 9.17) is 0 Å². The molecule has 4 nitrogen and oxygen atoms in total. The van der Waals surface area contributed by atoms with Crippen molar-refractivity contribution >= 4 is 23.3 Å². The highest BCUT2D eigenvalue weighted by Crippen LogP contribution is 2.39. The molecule has 0 fully saturated rings. The van der Waals surface area contributed by atoms with E-state index in [1.165, 1.54) is 17.5 Å². The van der Waals surface area contributed by atoms with E-state index in [9.17, 15) is 10.1 Å². The molecule has 0 unspecified atom stereocenters. The van der Waals surface area contributed by atoms with Crippen LogP contribution in [0.3, 0.4) is 0 Å². The lowest BCUT2D eigenvalue weighted by atomic mass is 10.2. The van der Waals surface area contributed by atoms with Crippen LogP contribution in [0.5, 0.6) is 0 Å². The predicted octanol–water partition coefficient (Wildman–Crippen LogP) is 3.66. The Hall–Kier alpha value is -2.01. The molecule has 0 saturated carbocycles. The first kappa shape index (κ1) is 12.0. The highest BCUT2D eigenvalue weighted by Gasteiger charge is 2.22. The van der Waals surface area contributed by atoms with Gasteiger partial charge in [0.1, 0.15) is 4.90 Å². The number of rotatable bonds is 3. The Kier molecular flexibility index (Phi) is 3.13. The maximum absolute atomic E-state index is 11.0. The van der Waals surface area contributed by atoms with Gasteiger partial charge in [0.2, 0.25) is 0 Å². The van der Waals surface area contributed by atoms with Gasteiger partial charge in [0.05, 0.1) is 10.6 Å². The topological polar surface area (TPSA) is 46.4 Å². The number of nitro groups is 1. The minimum Gasteiger partial charge on any atom is -0.311 e. The number of nitrogens with zero attached hydrogens (tertiary/aromatic N) is 2. The molecule has 0 amide bonds. The fraction of sp³-hybridized carbons (Fsp3) is 0.143. The third-order valence-corrected chi connectivity index (χ3v) is 4.26. The number of anilines is 1. The third-order valence-electron chi connectivity index (χ3n) is 3.12. The summed E-state index contributed by atoms with van der Waals surface area (Å²) >= 11 is 1.44. The van der Waals surface area contributed by atoms with E-state index in [0.29, 0.717) is 4.90 Å². The SMILES string of the molecule is O=[N+]([O-])c1ccccc1SN1CCc2ccccc21. The molecule has 0 N–H and O–H groups in total. The molecule has 1 aliphatic rings. The van der Waals surface area contributed by atoms with Crippen LogP contribution in [0, 0.1) is 10.1 Å². The molecule has 0 saturated heterocycles. The maximum atomic E-state index is 11.0. The normalized spacial score (nSPS) is 13.4. The first-order chi connectivity index (χ1) is 9.25. The van der Waals surface area contributed by atoms with E-state index in [1.807, 2.05) is 18.2 Å². The van der Waals surface area contributed by atoms with Crippen molar-refractivity contribution in [3.8, 4) is 0 Å². The van der Waals surface area contributed by atoms with Gasteiger partial charge in [-0.25, -0.2) is 0 Å². The Morgan fingerprint density at radius 1 is 1.11 bits per heavy atom. The molecule has 1 aliphatic heterocycles. The zero-order chi connectivity index (χ0) is 13.2. The predicted molar refractivity (Wildman–Crippen MR) is 76.4 cm³/mol. The molecule has 0 atom stereocenters. The molecular formula is C14H12N2O2S. The van der Waals surface area contributed by atoms with Crippen LogP contribution in [-0.2, 0) is 6.42 Å². The molecule has 0 bridgehead atoms. The van der Waals surface area contributed by atoms with Crippen molar-refractivity contribution in [3.63, 3.8) is 0 Å². The second-order valence-electron chi connectivity index (χ2n) is 4.30. The Bertz CT molecular complexity index is 630. The van der Waals surface area contributed by atoms with Crippen molar-refractivity contribution in [2.75, 3.05) is 10.8 Å². The van der Waals surface area contributed by atoms with Crippen LogP contribution >= 0.6 is 11.9 Å². The molecule has 0 aromatic heterocycles. The molecule has 1 heterocycles. The monoisotopic (exact) mass is 272 g/mol. The van der Waals surface area contributed by atoms with E-state index in [-0.39, 0.29) is 10.6 Å². The summed E-state index contributed by atoms with van der Waals surface area (Å²) < 4.78 is 2.12. The lowest BCUT2D eigenvalue weighted by molar-refractivity contribution is -0.387. The Morgan fingerprint density at radius 2 is 1.84 bits per heavy atom. The maximum Gasteiger partial charge on any atom is 0.284 e. The lowest BCUT2D eigenvalue weighted by Crippen LogP contribution is -2.10. The van der Waals surface area contributed by atoms with Crippen LogP contribution in [0.4, 0.5) is 11.4 Å². The summed E-state index contributed by atoms with van der Waals surface area (Å²) in [6.07, 6.45) is 0.990. The summed E-state index contributed by atoms with van der Waals surface area (Å²) in [4.78, 5) is 11.4. The summed E-state index contributed by atoms with van der Waals surface area (Å²) in [5.41, 5.74) is 2.62. The second-order valence-corrected chi connectivity index (χ2v) is 5.36.